The van der Waals surface area contributed by atoms with Gasteiger partial charge in [-0.1, -0.05) is 159 Å². The fourth-order valence-corrected chi connectivity index (χ4v) is 6.06. The maximum Gasteiger partial charge on any atom is 0.154 e. The van der Waals surface area contributed by atoms with Gasteiger partial charge in [-0.3, -0.25) is 4.99 Å². The van der Waals surface area contributed by atoms with Gasteiger partial charge < -0.3 is 0 Å². The minimum absolute atomic E-state index is 0.689. The summed E-state index contributed by atoms with van der Waals surface area (Å²) in [7, 11) is 1.81. The molecule has 0 bridgehead atoms. The molecule has 0 aromatic heterocycles. The van der Waals surface area contributed by atoms with Crippen molar-refractivity contribution in [2.24, 2.45) is 9.98 Å². The van der Waals surface area contributed by atoms with Crippen molar-refractivity contribution in [1.82, 2.24) is 0 Å². The highest BCUT2D eigenvalue weighted by Crippen LogP contribution is 2.38. The van der Waals surface area contributed by atoms with Gasteiger partial charge in [0.2, 0.25) is 0 Å². The van der Waals surface area contributed by atoms with Crippen LogP contribution in [0.2, 0.25) is 0 Å². The SMILES string of the molecule is C/C=C\C(=C/CC)c1ccc(-c2ccccc2)c(-c2cc(C(=NC(=NC)c3ccccc3)c3ccccc3)cc(-c3ccccc3)c2)c1. The molecule has 6 aromatic rings. The van der Waals surface area contributed by atoms with E-state index < -0.39 is 0 Å². The van der Waals surface area contributed by atoms with E-state index in [1.807, 2.05) is 31.3 Å². The van der Waals surface area contributed by atoms with Gasteiger partial charge in [0.15, 0.2) is 5.84 Å². The van der Waals surface area contributed by atoms with Crippen molar-refractivity contribution in [3.05, 3.63) is 198 Å². The molecule has 0 saturated carbocycles. The zero-order valence-electron chi connectivity index (χ0n) is 27.8. The zero-order valence-corrected chi connectivity index (χ0v) is 27.8. The van der Waals surface area contributed by atoms with E-state index in [4.69, 9.17) is 4.99 Å². The summed E-state index contributed by atoms with van der Waals surface area (Å²) < 4.78 is 0. The molecule has 0 radical (unpaired) electrons. The summed E-state index contributed by atoms with van der Waals surface area (Å²) >= 11 is 0. The number of benzene rings is 6. The van der Waals surface area contributed by atoms with Crippen LogP contribution in [0.25, 0.3) is 39.0 Å². The van der Waals surface area contributed by atoms with E-state index in [1.54, 1.807) is 0 Å². The van der Waals surface area contributed by atoms with Crippen LogP contribution in [0, 0.1) is 0 Å². The Hall–Kier alpha value is -5.86. The topological polar surface area (TPSA) is 24.7 Å². The summed E-state index contributed by atoms with van der Waals surface area (Å²) in [5.74, 6) is 0.689. The molecule has 0 N–H and O–H groups in total. The highest BCUT2D eigenvalue weighted by molar-refractivity contribution is 6.20. The normalized spacial score (nSPS) is 12.4. The molecule has 6 rings (SSSR count). The van der Waals surface area contributed by atoms with Crippen LogP contribution in [-0.4, -0.2) is 18.6 Å². The highest BCUT2D eigenvalue weighted by atomic mass is 14.9. The molecule has 2 nitrogen and oxygen atoms in total. The Morgan fingerprint density at radius 2 is 1.10 bits per heavy atom. The third-order valence-electron chi connectivity index (χ3n) is 8.34. The Morgan fingerprint density at radius 3 is 1.71 bits per heavy atom. The van der Waals surface area contributed by atoms with Crippen LogP contribution in [0.15, 0.2) is 186 Å². The van der Waals surface area contributed by atoms with Crippen LogP contribution in [0.1, 0.15) is 42.5 Å². The molecule has 0 amide bonds. The van der Waals surface area contributed by atoms with Gasteiger partial charge in [0.05, 0.1) is 5.71 Å². The van der Waals surface area contributed by atoms with Gasteiger partial charge in [-0.05, 0) is 82.1 Å². The molecular weight excluding hydrogens is 581 g/mol. The second-order valence-electron chi connectivity index (χ2n) is 11.6. The lowest BCUT2D eigenvalue weighted by Gasteiger charge is -2.17. The van der Waals surface area contributed by atoms with Gasteiger partial charge in [-0.15, -0.1) is 0 Å². The minimum Gasteiger partial charge on any atom is -0.270 e. The number of nitrogens with zero attached hydrogens (tertiary/aromatic N) is 2. The first-order chi connectivity index (χ1) is 23.7. The molecule has 0 heterocycles. The van der Waals surface area contributed by atoms with E-state index in [-0.39, 0.29) is 0 Å². The first-order valence-electron chi connectivity index (χ1n) is 16.6. The van der Waals surface area contributed by atoms with Crippen LogP contribution < -0.4 is 0 Å². The second kappa shape index (κ2) is 15.6. The summed E-state index contributed by atoms with van der Waals surface area (Å²) in [6, 6.07) is 55.6. The molecule has 2 heteroatoms. The van der Waals surface area contributed by atoms with Crippen molar-refractivity contribution >= 4 is 17.1 Å². The van der Waals surface area contributed by atoms with Crippen molar-refractivity contribution in [3.8, 4) is 33.4 Å². The first-order valence-corrected chi connectivity index (χ1v) is 16.6. The Labute approximate surface area is 285 Å². The molecule has 0 aliphatic carbocycles. The van der Waals surface area contributed by atoms with Gasteiger partial charge in [0, 0.05) is 23.7 Å². The molecule has 0 aliphatic heterocycles. The Balaban J connectivity index is 1.65. The van der Waals surface area contributed by atoms with E-state index in [0.717, 1.165) is 45.5 Å². The predicted octanol–water partition coefficient (Wildman–Crippen LogP) is 12.0. The molecule has 234 valence electrons. The predicted molar refractivity (Wildman–Crippen MR) is 207 cm³/mol. The molecule has 0 atom stereocenters. The third-order valence-corrected chi connectivity index (χ3v) is 8.34. The first kappa shape index (κ1) is 32.1. The smallest absolute Gasteiger partial charge is 0.154 e. The summed E-state index contributed by atoms with van der Waals surface area (Å²) in [5, 5.41) is 0. The van der Waals surface area contributed by atoms with E-state index in [1.165, 1.54) is 27.8 Å². The van der Waals surface area contributed by atoms with Gasteiger partial charge in [-0.2, -0.15) is 0 Å². The summed E-state index contributed by atoms with van der Waals surface area (Å²) in [4.78, 5) is 9.94. The fraction of sp³-hybridized carbons (Fsp3) is 0.0870. The fourth-order valence-electron chi connectivity index (χ4n) is 6.06. The molecule has 6 aromatic carbocycles. The van der Waals surface area contributed by atoms with Gasteiger partial charge in [0.1, 0.15) is 0 Å². The number of hydrogen-bond donors (Lipinski definition) is 0. The van der Waals surface area contributed by atoms with Crippen LogP contribution in [0.5, 0.6) is 0 Å². The van der Waals surface area contributed by atoms with Crippen molar-refractivity contribution in [1.29, 1.82) is 0 Å². The maximum absolute atomic E-state index is 5.30. The number of amidine groups is 1. The van der Waals surface area contributed by atoms with Crippen LogP contribution in [0.4, 0.5) is 0 Å². The molecule has 0 aliphatic rings. The zero-order chi connectivity index (χ0) is 33.1. The molecule has 48 heavy (non-hydrogen) atoms. The van der Waals surface area contributed by atoms with E-state index in [0.29, 0.717) is 5.84 Å². The van der Waals surface area contributed by atoms with Gasteiger partial charge >= 0.3 is 0 Å². The van der Waals surface area contributed by atoms with E-state index >= 15 is 0 Å². The van der Waals surface area contributed by atoms with Crippen molar-refractivity contribution in [2.45, 2.75) is 20.3 Å². The number of hydrogen-bond acceptors (Lipinski definition) is 1. The standard InChI is InChI=1S/C46H40N2/c1-4-18-34(19-5-2)39-28-29-43(36-22-12-7-13-23-36)44(33-39)41-30-40(35-20-10-6-11-21-35)31-42(32-41)45(37-24-14-8-15-25-37)48-46(47-3)38-26-16-9-17-27-38/h4,6-33H,5H2,1-3H3/b18-4-,34-19+,47-46?,48-45?. The Morgan fingerprint density at radius 1 is 0.521 bits per heavy atom. The molecule has 0 saturated heterocycles. The van der Waals surface area contributed by atoms with Crippen molar-refractivity contribution in [3.63, 3.8) is 0 Å². The molecule has 0 spiro atoms. The van der Waals surface area contributed by atoms with E-state index in [2.05, 4.69) is 171 Å². The third kappa shape index (κ3) is 7.40. The monoisotopic (exact) mass is 620 g/mol. The van der Waals surface area contributed by atoms with Crippen LogP contribution in [0.3, 0.4) is 0 Å². The summed E-state index contributed by atoms with van der Waals surface area (Å²) in [5.41, 5.74) is 13.3. The molecule has 0 unspecified atom stereocenters. The minimum atomic E-state index is 0.689. The average molecular weight is 621 g/mol. The van der Waals surface area contributed by atoms with E-state index in [9.17, 15) is 0 Å². The van der Waals surface area contributed by atoms with Crippen LogP contribution in [-0.2, 0) is 0 Å². The van der Waals surface area contributed by atoms with Gasteiger partial charge in [0.25, 0.3) is 0 Å². The number of allylic oxidation sites excluding steroid dienone is 4. The van der Waals surface area contributed by atoms with Crippen molar-refractivity contribution < 1.29 is 0 Å². The number of aliphatic imine (C=N–C) groups is 2. The lowest BCUT2D eigenvalue weighted by Crippen LogP contribution is -2.09. The lowest BCUT2D eigenvalue weighted by molar-refractivity contribution is 1.23. The highest BCUT2D eigenvalue weighted by Gasteiger charge is 2.17. The second-order valence-corrected chi connectivity index (χ2v) is 11.6. The summed E-state index contributed by atoms with van der Waals surface area (Å²) in [6.07, 6.45) is 7.57. The average Bonchev–Trinajstić information content (AvgIpc) is 3.16. The maximum atomic E-state index is 5.30. The molecule has 0 fully saturated rings. The summed E-state index contributed by atoms with van der Waals surface area (Å²) in [6.45, 7) is 4.26. The Kier molecular flexibility index (Phi) is 10.4. The largest absolute Gasteiger partial charge is 0.270 e. The van der Waals surface area contributed by atoms with Crippen molar-refractivity contribution in [2.75, 3.05) is 7.05 Å². The van der Waals surface area contributed by atoms with Gasteiger partial charge in [-0.25, -0.2) is 4.99 Å². The molecular formula is C46H40N2. The van der Waals surface area contributed by atoms with Crippen LogP contribution >= 0.6 is 0 Å². The number of rotatable bonds is 9. The lowest BCUT2D eigenvalue weighted by atomic mass is 9.87. The Bertz CT molecular complexity index is 2090. The quantitative estimate of drug-likeness (QED) is 0.0873.